The molecule has 0 unspecified atom stereocenters. The summed E-state index contributed by atoms with van der Waals surface area (Å²) in [6, 6.07) is 42.2. The van der Waals surface area contributed by atoms with Crippen molar-refractivity contribution in [3.63, 3.8) is 0 Å². The van der Waals surface area contributed by atoms with Gasteiger partial charge < -0.3 is 35.4 Å². The van der Waals surface area contributed by atoms with Crippen LogP contribution in [0.25, 0.3) is 22.6 Å². The number of amides is 2. The summed E-state index contributed by atoms with van der Waals surface area (Å²) in [5, 5.41) is 15.9. The number of oxazole rings is 1. The first kappa shape index (κ1) is 37.6. The lowest BCUT2D eigenvalue weighted by Gasteiger charge is -2.36. The number of carbonyl (C=O) groups is 2. The van der Waals surface area contributed by atoms with Gasteiger partial charge in [-0.25, -0.2) is 4.98 Å². The second kappa shape index (κ2) is 18.1. The number of hydrogen-bond donors (Lipinski definition) is 4. The predicted octanol–water partition coefficient (Wildman–Crippen LogP) is 9.17. The molecule has 0 bridgehead atoms. The van der Waals surface area contributed by atoms with Crippen LogP contribution >= 0.6 is 11.8 Å². The molecule has 2 amide bonds. The van der Waals surface area contributed by atoms with Crippen LogP contribution < -0.4 is 16.4 Å². The lowest BCUT2D eigenvalue weighted by molar-refractivity contribution is -0.245. The van der Waals surface area contributed by atoms with Crippen LogP contribution in [-0.2, 0) is 25.7 Å². The average molecular weight is 755 g/mol. The van der Waals surface area contributed by atoms with Crippen LogP contribution in [-0.4, -0.2) is 33.8 Å². The van der Waals surface area contributed by atoms with Gasteiger partial charge in [0, 0.05) is 47.4 Å². The molecule has 55 heavy (non-hydrogen) atoms. The zero-order chi connectivity index (χ0) is 38.0. The van der Waals surface area contributed by atoms with Crippen molar-refractivity contribution in [2.24, 2.45) is 0 Å². The van der Waals surface area contributed by atoms with E-state index < -0.39 is 6.29 Å². The largest absolute Gasteiger partial charge is 0.431 e. The number of aliphatic hydroxyl groups excluding tert-OH is 1. The Bertz CT molecular complexity index is 2140. The first-order valence-electron chi connectivity index (χ1n) is 18.2. The van der Waals surface area contributed by atoms with Crippen LogP contribution in [0.5, 0.6) is 0 Å². The minimum Gasteiger partial charge on any atom is -0.431 e. The fourth-order valence-corrected chi connectivity index (χ4v) is 7.19. The van der Waals surface area contributed by atoms with Crippen molar-refractivity contribution in [1.29, 1.82) is 0 Å². The van der Waals surface area contributed by atoms with Crippen molar-refractivity contribution in [2.45, 2.75) is 56.0 Å². The molecule has 7 rings (SSSR count). The van der Waals surface area contributed by atoms with Gasteiger partial charge in [-0.05, 0) is 41.8 Å². The van der Waals surface area contributed by atoms with Gasteiger partial charge >= 0.3 is 0 Å². The number of nitrogen functional groups attached to an aromatic ring is 1. The highest BCUT2D eigenvalue weighted by Crippen LogP contribution is 2.41. The maximum Gasteiger partial charge on any atom is 0.256 e. The minimum atomic E-state index is -0.725. The zero-order valence-corrected chi connectivity index (χ0v) is 30.9. The molecule has 280 valence electrons. The van der Waals surface area contributed by atoms with Gasteiger partial charge in [-0.2, -0.15) is 0 Å². The number of aliphatic hydroxyl groups is 1. The van der Waals surface area contributed by atoms with E-state index in [0.29, 0.717) is 46.6 Å². The lowest BCUT2D eigenvalue weighted by Crippen LogP contribution is -2.31. The summed E-state index contributed by atoms with van der Waals surface area (Å²) in [5.41, 5.74) is 12.8. The van der Waals surface area contributed by atoms with E-state index in [-0.39, 0.29) is 43.5 Å². The Hall–Kier alpha value is -5.72. The lowest BCUT2D eigenvalue weighted by atomic mass is 10.0. The molecular formula is C44H42N4O6S. The number of benzene rings is 5. The van der Waals surface area contributed by atoms with E-state index in [1.807, 2.05) is 109 Å². The second-order valence-electron chi connectivity index (χ2n) is 13.2. The molecule has 0 saturated carbocycles. The highest BCUT2D eigenvalue weighted by atomic mass is 32.2. The van der Waals surface area contributed by atoms with Crippen molar-refractivity contribution in [1.82, 2.24) is 4.98 Å². The van der Waals surface area contributed by atoms with Gasteiger partial charge in [-0.15, -0.1) is 0 Å². The van der Waals surface area contributed by atoms with Gasteiger partial charge in [-0.3, -0.25) is 9.59 Å². The fraction of sp³-hybridized carbons (Fsp3) is 0.205. The number of ether oxygens (including phenoxy) is 2. The van der Waals surface area contributed by atoms with Crippen molar-refractivity contribution in [3.05, 3.63) is 150 Å². The maximum atomic E-state index is 12.9. The Morgan fingerprint density at radius 3 is 2.18 bits per heavy atom. The number of aromatic nitrogens is 1. The number of thioether (sulfide) groups is 1. The highest BCUT2D eigenvalue weighted by Gasteiger charge is 2.33. The summed E-state index contributed by atoms with van der Waals surface area (Å²) < 4.78 is 19.5. The van der Waals surface area contributed by atoms with Crippen molar-refractivity contribution in [2.75, 3.05) is 22.1 Å². The third kappa shape index (κ3) is 9.88. The summed E-state index contributed by atoms with van der Waals surface area (Å²) >= 11 is 1.49. The van der Waals surface area contributed by atoms with Crippen LogP contribution in [0.1, 0.15) is 54.8 Å². The number of anilines is 3. The first-order chi connectivity index (χ1) is 26.9. The van der Waals surface area contributed by atoms with Gasteiger partial charge in [0.25, 0.3) is 5.22 Å². The first-order valence-corrected chi connectivity index (χ1v) is 19.2. The molecule has 0 radical (unpaired) electrons. The van der Waals surface area contributed by atoms with E-state index in [4.69, 9.17) is 24.6 Å². The normalized spacial score (nSPS) is 16.7. The molecule has 6 aromatic rings. The molecule has 2 heterocycles. The topological polar surface area (TPSA) is 149 Å². The standard InChI is InChI=1S/C44H42N4O6S/c45-36-17-7-8-18-37(36)47-40(51)20-10-19-39(50)46-34-16-9-15-33(25-34)43-52-35(26-38(53-43)30-23-21-29(27-49)22-24-30)28-55-44-48-41(31-11-3-1-4-12-31)42(54-44)32-13-5-2-6-14-32/h1-9,11-18,21-25,35,38,43,49H,10,19-20,26-28,45H2,(H,46,50)(H,47,51)/t35-,38+,43+/m0/s1. The molecular weight excluding hydrogens is 713 g/mol. The monoisotopic (exact) mass is 754 g/mol. The molecule has 10 nitrogen and oxygen atoms in total. The van der Waals surface area contributed by atoms with Gasteiger partial charge in [-0.1, -0.05) is 121 Å². The molecule has 1 fully saturated rings. The average Bonchev–Trinajstić information content (AvgIpc) is 3.66. The van der Waals surface area contributed by atoms with E-state index in [0.717, 1.165) is 33.5 Å². The van der Waals surface area contributed by atoms with E-state index >= 15 is 0 Å². The van der Waals surface area contributed by atoms with E-state index in [2.05, 4.69) is 10.6 Å². The Labute approximate surface area is 324 Å². The Kier molecular flexibility index (Phi) is 12.4. The van der Waals surface area contributed by atoms with Crippen LogP contribution in [0.15, 0.2) is 143 Å². The highest BCUT2D eigenvalue weighted by molar-refractivity contribution is 7.99. The molecule has 3 atom stereocenters. The van der Waals surface area contributed by atoms with E-state index in [1.165, 1.54) is 11.8 Å². The van der Waals surface area contributed by atoms with Crippen LogP contribution in [0.3, 0.4) is 0 Å². The fourth-order valence-electron chi connectivity index (χ4n) is 6.35. The minimum absolute atomic E-state index is 0.0442. The number of nitrogens with zero attached hydrogens (tertiary/aromatic N) is 1. The van der Waals surface area contributed by atoms with E-state index in [9.17, 15) is 14.7 Å². The number of rotatable bonds is 14. The Morgan fingerprint density at radius 2 is 1.45 bits per heavy atom. The third-order valence-corrected chi connectivity index (χ3v) is 10.1. The van der Waals surface area contributed by atoms with Gasteiger partial charge in [0.1, 0.15) is 5.69 Å². The molecule has 1 aliphatic rings. The molecule has 1 aliphatic heterocycles. The van der Waals surface area contributed by atoms with Gasteiger partial charge in [0.15, 0.2) is 12.1 Å². The van der Waals surface area contributed by atoms with Crippen molar-refractivity contribution >= 4 is 40.6 Å². The van der Waals surface area contributed by atoms with Crippen LogP contribution in [0.2, 0.25) is 0 Å². The molecule has 5 N–H and O–H groups in total. The number of para-hydroxylation sites is 2. The summed E-state index contributed by atoms with van der Waals surface area (Å²) in [6.45, 7) is -0.0442. The maximum absolute atomic E-state index is 12.9. The van der Waals surface area contributed by atoms with Gasteiger partial charge in [0.05, 0.1) is 30.2 Å². The van der Waals surface area contributed by atoms with E-state index in [1.54, 1.807) is 24.3 Å². The zero-order valence-electron chi connectivity index (χ0n) is 30.1. The van der Waals surface area contributed by atoms with Gasteiger partial charge in [0.2, 0.25) is 11.8 Å². The second-order valence-corrected chi connectivity index (χ2v) is 14.2. The quantitative estimate of drug-likeness (QED) is 0.0631. The molecule has 1 saturated heterocycles. The predicted molar refractivity (Wildman–Crippen MR) is 215 cm³/mol. The van der Waals surface area contributed by atoms with Crippen LogP contribution in [0.4, 0.5) is 17.1 Å². The van der Waals surface area contributed by atoms with Crippen molar-refractivity contribution in [3.8, 4) is 22.6 Å². The SMILES string of the molecule is Nc1ccccc1NC(=O)CCCC(=O)Nc1cccc([C@@H]2O[C@H](CSc3nc(-c4ccccc4)c(-c4ccccc4)o3)C[C@H](c3ccc(CO)cc3)O2)c1. The third-order valence-electron chi connectivity index (χ3n) is 9.18. The Balaban J connectivity index is 1.03. The summed E-state index contributed by atoms with van der Waals surface area (Å²) in [5.74, 6) is 0.848. The molecule has 1 aromatic heterocycles. The van der Waals surface area contributed by atoms with Crippen LogP contribution in [0, 0.1) is 0 Å². The molecule has 11 heteroatoms. The molecule has 5 aromatic carbocycles. The van der Waals surface area contributed by atoms with Crippen molar-refractivity contribution < 1.29 is 28.6 Å². The summed E-state index contributed by atoms with van der Waals surface area (Å²) in [4.78, 5) is 30.3. The Morgan fingerprint density at radius 1 is 0.764 bits per heavy atom. The summed E-state index contributed by atoms with van der Waals surface area (Å²) in [6.07, 6.45) is 0.0473. The number of carbonyl (C=O) groups excluding carboxylic acids is 2. The number of nitrogens with two attached hydrogens (primary N) is 1. The smallest absolute Gasteiger partial charge is 0.256 e. The number of hydrogen-bond acceptors (Lipinski definition) is 9. The molecule has 0 spiro atoms. The molecule has 0 aliphatic carbocycles. The number of nitrogens with one attached hydrogen (secondary N) is 2. The summed E-state index contributed by atoms with van der Waals surface area (Å²) in [7, 11) is 0.